The number of para-hydroxylation sites is 1. The summed E-state index contributed by atoms with van der Waals surface area (Å²) in [6.07, 6.45) is 1.25. The molecule has 0 aliphatic heterocycles. The zero-order valence-electron chi connectivity index (χ0n) is 18.2. The van der Waals surface area contributed by atoms with Crippen LogP contribution in [0.25, 0.3) is 10.7 Å². The Morgan fingerprint density at radius 2 is 1.78 bits per heavy atom. The smallest absolute Gasteiger partial charge is 0.224 e. The second-order valence-electron chi connectivity index (χ2n) is 7.62. The summed E-state index contributed by atoms with van der Waals surface area (Å²) in [4.78, 5) is 13.5. The molecule has 4 rings (SSSR count). The number of anilines is 1. The number of hydrogen-bond acceptors (Lipinski definition) is 5. The summed E-state index contributed by atoms with van der Waals surface area (Å²) in [5.41, 5.74) is 4.30. The van der Waals surface area contributed by atoms with E-state index < -0.39 is 0 Å². The Hall–Kier alpha value is -2.90. The van der Waals surface area contributed by atoms with Crippen molar-refractivity contribution >= 4 is 34.7 Å². The highest BCUT2D eigenvalue weighted by Crippen LogP contribution is 2.28. The van der Waals surface area contributed by atoms with Crippen molar-refractivity contribution in [2.45, 2.75) is 38.4 Å². The van der Waals surface area contributed by atoms with E-state index in [9.17, 15) is 4.79 Å². The molecule has 2 aromatic heterocycles. The van der Waals surface area contributed by atoms with Crippen molar-refractivity contribution < 1.29 is 4.79 Å². The van der Waals surface area contributed by atoms with Gasteiger partial charge in [-0.1, -0.05) is 66.4 Å². The second-order valence-corrected chi connectivity index (χ2v) is 9.63. The van der Waals surface area contributed by atoms with Crippen LogP contribution < -0.4 is 5.32 Å². The zero-order chi connectivity index (χ0) is 22.3. The Balaban J connectivity index is 1.38. The fourth-order valence-corrected chi connectivity index (χ4v) is 5.10. The number of thiophene rings is 1. The van der Waals surface area contributed by atoms with Crippen molar-refractivity contribution in [1.29, 1.82) is 0 Å². The lowest BCUT2D eigenvalue weighted by atomic mass is 10.1. The van der Waals surface area contributed by atoms with Crippen molar-refractivity contribution in [3.05, 3.63) is 82.7 Å². The first-order chi connectivity index (χ1) is 15.6. The maximum Gasteiger partial charge on any atom is 0.224 e. The van der Waals surface area contributed by atoms with Gasteiger partial charge in [0.15, 0.2) is 11.0 Å². The van der Waals surface area contributed by atoms with Crippen LogP contribution >= 0.6 is 23.1 Å². The van der Waals surface area contributed by atoms with Gasteiger partial charge in [0.1, 0.15) is 0 Å². The summed E-state index contributed by atoms with van der Waals surface area (Å²) >= 11 is 3.32. The number of thioether (sulfide) groups is 1. The van der Waals surface area contributed by atoms with Gasteiger partial charge in [-0.2, -0.15) is 0 Å². The first-order valence-corrected chi connectivity index (χ1v) is 12.5. The third-order valence-corrected chi connectivity index (χ3v) is 7.09. The van der Waals surface area contributed by atoms with Crippen molar-refractivity contribution in [1.82, 2.24) is 14.8 Å². The Labute approximate surface area is 196 Å². The number of aryl methyl sites for hydroxylation is 2. The third kappa shape index (κ3) is 5.47. The topological polar surface area (TPSA) is 59.8 Å². The lowest BCUT2D eigenvalue weighted by Gasteiger charge is -2.11. The summed E-state index contributed by atoms with van der Waals surface area (Å²) in [6.45, 7) is 4.75. The van der Waals surface area contributed by atoms with Gasteiger partial charge in [-0.25, -0.2) is 0 Å². The van der Waals surface area contributed by atoms with E-state index in [1.54, 1.807) is 23.1 Å². The van der Waals surface area contributed by atoms with E-state index in [2.05, 4.69) is 43.7 Å². The monoisotopic (exact) mass is 462 g/mol. The number of carbonyl (C=O) groups is 1. The molecule has 0 atom stereocenters. The van der Waals surface area contributed by atoms with Gasteiger partial charge in [-0.05, 0) is 48.4 Å². The van der Waals surface area contributed by atoms with Gasteiger partial charge in [0.2, 0.25) is 5.91 Å². The summed E-state index contributed by atoms with van der Waals surface area (Å²) in [6, 6.07) is 20.5. The standard InChI is InChI=1S/C25H26N4OS2/c1-18-9-6-10-19(2)23(18)26-22(30)14-8-16-32-25-28-27-24(21-13-7-15-31-21)29(25)17-20-11-4-3-5-12-20/h3-7,9-13,15H,8,14,16-17H2,1-2H3,(H,26,30). The molecule has 7 heteroatoms. The SMILES string of the molecule is Cc1cccc(C)c1NC(=O)CCCSc1nnc(-c2cccs2)n1Cc1ccccc1. The number of hydrogen-bond donors (Lipinski definition) is 1. The molecule has 0 saturated carbocycles. The number of amides is 1. The van der Waals surface area contributed by atoms with E-state index in [0.29, 0.717) is 6.42 Å². The quantitative estimate of drug-likeness (QED) is 0.238. The molecule has 1 N–H and O–H groups in total. The van der Waals surface area contributed by atoms with Crippen molar-refractivity contribution in [3.63, 3.8) is 0 Å². The van der Waals surface area contributed by atoms with Gasteiger partial charge in [0.25, 0.3) is 0 Å². The van der Waals surface area contributed by atoms with Crippen molar-refractivity contribution in [2.75, 3.05) is 11.1 Å². The third-order valence-electron chi connectivity index (χ3n) is 5.17. The fourth-order valence-electron chi connectivity index (χ4n) is 3.50. The summed E-state index contributed by atoms with van der Waals surface area (Å²) in [7, 11) is 0. The molecule has 4 aromatic rings. The Bertz CT molecular complexity index is 1150. The van der Waals surface area contributed by atoms with Crippen LogP contribution in [0.4, 0.5) is 5.69 Å². The number of rotatable bonds is 9. The number of aromatic nitrogens is 3. The highest BCUT2D eigenvalue weighted by molar-refractivity contribution is 7.99. The molecule has 0 aliphatic carbocycles. The molecule has 5 nitrogen and oxygen atoms in total. The minimum Gasteiger partial charge on any atom is -0.326 e. The van der Waals surface area contributed by atoms with Crippen LogP contribution in [0.5, 0.6) is 0 Å². The molecule has 0 unspecified atom stereocenters. The lowest BCUT2D eigenvalue weighted by molar-refractivity contribution is -0.116. The molecule has 2 aromatic carbocycles. The summed E-state index contributed by atoms with van der Waals surface area (Å²) < 4.78 is 2.17. The minimum atomic E-state index is 0.0491. The van der Waals surface area contributed by atoms with Gasteiger partial charge in [-0.15, -0.1) is 21.5 Å². The highest BCUT2D eigenvalue weighted by atomic mass is 32.2. The van der Waals surface area contributed by atoms with Crippen LogP contribution in [0.2, 0.25) is 0 Å². The van der Waals surface area contributed by atoms with Gasteiger partial charge in [-0.3, -0.25) is 9.36 Å². The molecule has 0 spiro atoms. The number of benzene rings is 2. The number of nitrogens with one attached hydrogen (secondary N) is 1. The van der Waals surface area contributed by atoms with E-state index in [0.717, 1.165) is 51.4 Å². The molecule has 0 aliphatic rings. The van der Waals surface area contributed by atoms with E-state index >= 15 is 0 Å². The molecule has 2 heterocycles. The minimum absolute atomic E-state index is 0.0491. The average molecular weight is 463 g/mol. The molecule has 164 valence electrons. The van der Waals surface area contributed by atoms with Gasteiger partial charge < -0.3 is 5.32 Å². The molecule has 1 amide bonds. The fraction of sp³-hybridized carbons (Fsp3) is 0.240. The Morgan fingerprint density at radius 3 is 2.50 bits per heavy atom. The highest BCUT2D eigenvalue weighted by Gasteiger charge is 2.16. The van der Waals surface area contributed by atoms with Crippen LogP contribution in [0.15, 0.2) is 71.2 Å². The summed E-state index contributed by atoms with van der Waals surface area (Å²) in [5, 5.41) is 14.9. The molecule has 32 heavy (non-hydrogen) atoms. The molecule has 0 fully saturated rings. The first kappa shape index (κ1) is 22.3. The Kier molecular flexibility index (Phi) is 7.39. The Morgan fingerprint density at radius 1 is 1.00 bits per heavy atom. The van der Waals surface area contributed by atoms with Gasteiger partial charge >= 0.3 is 0 Å². The van der Waals surface area contributed by atoms with E-state index in [1.165, 1.54) is 5.56 Å². The van der Waals surface area contributed by atoms with Gasteiger partial charge in [0.05, 0.1) is 11.4 Å². The van der Waals surface area contributed by atoms with E-state index in [1.807, 2.05) is 56.3 Å². The predicted molar refractivity (Wildman–Crippen MR) is 133 cm³/mol. The molecule has 0 radical (unpaired) electrons. The molecular formula is C25H26N4OS2. The lowest BCUT2D eigenvalue weighted by Crippen LogP contribution is -2.13. The van der Waals surface area contributed by atoms with E-state index in [-0.39, 0.29) is 5.91 Å². The molecule has 0 bridgehead atoms. The van der Waals surface area contributed by atoms with E-state index in [4.69, 9.17) is 0 Å². The van der Waals surface area contributed by atoms with Crippen LogP contribution in [0.1, 0.15) is 29.5 Å². The van der Waals surface area contributed by atoms with Crippen LogP contribution in [0, 0.1) is 13.8 Å². The first-order valence-electron chi connectivity index (χ1n) is 10.6. The van der Waals surface area contributed by atoms with Gasteiger partial charge in [0, 0.05) is 17.9 Å². The molecular weight excluding hydrogens is 436 g/mol. The number of carbonyl (C=O) groups excluding carboxylic acids is 1. The molecule has 0 saturated heterocycles. The maximum atomic E-state index is 12.4. The predicted octanol–water partition coefficient (Wildman–Crippen LogP) is 6.18. The van der Waals surface area contributed by atoms with Crippen molar-refractivity contribution in [2.24, 2.45) is 0 Å². The van der Waals surface area contributed by atoms with Crippen LogP contribution in [-0.4, -0.2) is 26.4 Å². The second kappa shape index (κ2) is 10.6. The summed E-state index contributed by atoms with van der Waals surface area (Å²) in [5.74, 6) is 1.74. The maximum absolute atomic E-state index is 12.4. The normalized spacial score (nSPS) is 10.9. The van der Waals surface area contributed by atoms with Crippen LogP contribution in [-0.2, 0) is 11.3 Å². The van der Waals surface area contributed by atoms with Crippen molar-refractivity contribution in [3.8, 4) is 10.7 Å². The zero-order valence-corrected chi connectivity index (χ0v) is 19.9. The average Bonchev–Trinajstić information content (AvgIpc) is 3.45. The largest absolute Gasteiger partial charge is 0.326 e. The number of nitrogens with zero attached hydrogens (tertiary/aromatic N) is 3. The van der Waals surface area contributed by atoms with Crippen LogP contribution in [0.3, 0.4) is 0 Å².